The van der Waals surface area contributed by atoms with Crippen molar-refractivity contribution in [2.45, 2.75) is 44.5 Å². The topological polar surface area (TPSA) is 46.9 Å². The zero-order chi connectivity index (χ0) is 16.8. The van der Waals surface area contributed by atoms with Crippen LogP contribution in [0.15, 0.2) is 41.8 Å². The van der Waals surface area contributed by atoms with Gasteiger partial charge >= 0.3 is 0 Å². The van der Waals surface area contributed by atoms with Gasteiger partial charge in [-0.3, -0.25) is 9.36 Å². The Kier molecular flexibility index (Phi) is 6.28. The van der Waals surface area contributed by atoms with E-state index < -0.39 is 0 Å². The van der Waals surface area contributed by atoms with Gasteiger partial charge in [-0.1, -0.05) is 37.7 Å². The van der Waals surface area contributed by atoms with Gasteiger partial charge in [-0.2, -0.15) is 0 Å². The predicted octanol–water partition coefficient (Wildman–Crippen LogP) is 3.82. The minimum Gasteiger partial charge on any atom is -0.355 e. The summed E-state index contributed by atoms with van der Waals surface area (Å²) in [7, 11) is 0. The summed E-state index contributed by atoms with van der Waals surface area (Å²) in [6.07, 6.45) is 4.70. The van der Waals surface area contributed by atoms with Crippen molar-refractivity contribution in [1.29, 1.82) is 0 Å². The number of thioether (sulfide) groups is 1. The monoisotopic (exact) mass is 331 g/mol. The summed E-state index contributed by atoms with van der Waals surface area (Å²) in [4.78, 5) is 16.6. The second-order valence-electron chi connectivity index (χ2n) is 6.15. The van der Waals surface area contributed by atoms with E-state index in [2.05, 4.69) is 43.2 Å². The molecular formula is C18H25N3OS. The minimum absolute atomic E-state index is 0.0643. The summed E-state index contributed by atoms with van der Waals surface area (Å²) in [5.74, 6) is 0.660. The molecule has 5 heteroatoms. The molecule has 124 valence electrons. The highest BCUT2D eigenvalue weighted by Gasteiger charge is 2.17. The molecule has 1 aromatic heterocycles. The summed E-state index contributed by atoms with van der Waals surface area (Å²) in [5, 5.41) is 3.66. The van der Waals surface area contributed by atoms with Gasteiger partial charge in [0.15, 0.2) is 5.16 Å². The number of benzene rings is 1. The highest BCUT2D eigenvalue weighted by Crippen LogP contribution is 2.25. The van der Waals surface area contributed by atoms with E-state index in [-0.39, 0.29) is 11.2 Å². The Morgan fingerprint density at radius 3 is 2.83 bits per heavy atom. The van der Waals surface area contributed by atoms with Crippen LogP contribution in [0.4, 0.5) is 0 Å². The molecule has 1 atom stereocenters. The van der Waals surface area contributed by atoms with E-state index >= 15 is 0 Å². The fourth-order valence-corrected chi connectivity index (χ4v) is 3.10. The Morgan fingerprint density at radius 1 is 1.35 bits per heavy atom. The Hall–Kier alpha value is -1.75. The average Bonchev–Trinajstić information content (AvgIpc) is 2.94. The van der Waals surface area contributed by atoms with Crippen LogP contribution in [0.3, 0.4) is 0 Å². The number of nitrogens with zero attached hydrogens (tertiary/aromatic N) is 2. The van der Waals surface area contributed by atoms with Gasteiger partial charge in [0.1, 0.15) is 0 Å². The van der Waals surface area contributed by atoms with E-state index in [4.69, 9.17) is 0 Å². The molecule has 0 saturated carbocycles. The third-order valence-electron chi connectivity index (χ3n) is 3.56. The molecule has 4 nitrogen and oxygen atoms in total. The fourth-order valence-electron chi connectivity index (χ4n) is 2.19. The van der Waals surface area contributed by atoms with Gasteiger partial charge < -0.3 is 5.32 Å². The average molecular weight is 331 g/mol. The van der Waals surface area contributed by atoms with Gasteiger partial charge in [-0.05, 0) is 43.9 Å². The molecule has 1 amide bonds. The third-order valence-corrected chi connectivity index (χ3v) is 4.64. The molecule has 0 aliphatic heterocycles. The number of rotatable bonds is 7. The molecule has 0 fully saturated rings. The van der Waals surface area contributed by atoms with E-state index in [0.29, 0.717) is 5.92 Å². The van der Waals surface area contributed by atoms with Crippen molar-refractivity contribution < 1.29 is 4.79 Å². The number of aryl methyl sites for hydroxylation is 1. The first kappa shape index (κ1) is 17.6. The fraction of sp³-hybridized carbons (Fsp3) is 0.444. The zero-order valence-electron chi connectivity index (χ0n) is 14.2. The lowest BCUT2D eigenvalue weighted by Gasteiger charge is -2.14. The molecule has 1 unspecified atom stereocenters. The summed E-state index contributed by atoms with van der Waals surface area (Å²) in [5.41, 5.74) is 2.27. The van der Waals surface area contributed by atoms with Crippen molar-refractivity contribution in [2.75, 3.05) is 6.54 Å². The first-order chi connectivity index (χ1) is 11.0. The van der Waals surface area contributed by atoms with Crippen LogP contribution in [-0.2, 0) is 4.79 Å². The summed E-state index contributed by atoms with van der Waals surface area (Å²) in [6, 6.07) is 8.25. The van der Waals surface area contributed by atoms with Gasteiger partial charge in [0.05, 0.1) is 5.25 Å². The molecule has 2 rings (SSSR count). The number of aromatic nitrogens is 2. The first-order valence-corrected chi connectivity index (χ1v) is 8.90. The maximum absolute atomic E-state index is 12.2. The smallest absolute Gasteiger partial charge is 0.233 e. The van der Waals surface area contributed by atoms with Gasteiger partial charge in [0.2, 0.25) is 5.91 Å². The van der Waals surface area contributed by atoms with Gasteiger partial charge in [0, 0.05) is 24.6 Å². The quantitative estimate of drug-likeness (QED) is 0.785. The first-order valence-electron chi connectivity index (χ1n) is 8.02. The van der Waals surface area contributed by atoms with E-state index in [1.54, 1.807) is 6.20 Å². The van der Waals surface area contributed by atoms with Crippen LogP contribution in [0, 0.1) is 12.8 Å². The van der Waals surface area contributed by atoms with Crippen molar-refractivity contribution in [3.05, 3.63) is 42.2 Å². The Labute approximate surface area is 142 Å². The molecule has 0 bridgehead atoms. The number of nitrogens with one attached hydrogen (secondary N) is 1. The molecule has 0 aliphatic carbocycles. The van der Waals surface area contributed by atoms with Crippen molar-refractivity contribution in [3.63, 3.8) is 0 Å². The molecule has 0 spiro atoms. The molecule has 1 heterocycles. The summed E-state index contributed by atoms with van der Waals surface area (Å²) < 4.78 is 2.02. The van der Waals surface area contributed by atoms with E-state index in [1.165, 1.54) is 17.3 Å². The SMILES string of the molecule is Cc1cccc(-n2ccnc2SC(C)C(=O)NCCC(C)C)c1. The second-order valence-corrected chi connectivity index (χ2v) is 7.46. The predicted molar refractivity (Wildman–Crippen MR) is 96.1 cm³/mol. The van der Waals surface area contributed by atoms with Gasteiger partial charge in [0.25, 0.3) is 0 Å². The van der Waals surface area contributed by atoms with Crippen molar-refractivity contribution >= 4 is 17.7 Å². The molecular weight excluding hydrogens is 306 g/mol. The minimum atomic E-state index is -0.173. The van der Waals surface area contributed by atoms with E-state index in [1.807, 2.05) is 29.8 Å². The van der Waals surface area contributed by atoms with E-state index in [0.717, 1.165) is 23.8 Å². The molecule has 1 aromatic carbocycles. The van der Waals surface area contributed by atoms with Gasteiger partial charge in [-0.15, -0.1) is 0 Å². The maximum Gasteiger partial charge on any atom is 0.233 e. The number of carbonyl (C=O) groups is 1. The zero-order valence-corrected chi connectivity index (χ0v) is 15.1. The summed E-state index contributed by atoms with van der Waals surface area (Å²) in [6.45, 7) is 9.03. The number of carbonyl (C=O) groups excluding carboxylic acids is 1. The highest BCUT2D eigenvalue weighted by atomic mass is 32.2. The lowest BCUT2D eigenvalue weighted by Crippen LogP contribution is -2.32. The van der Waals surface area contributed by atoms with Crippen LogP contribution in [0.25, 0.3) is 5.69 Å². The third kappa shape index (κ3) is 5.13. The lowest BCUT2D eigenvalue weighted by atomic mass is 10.1. The molecule has 0 aliphatic rings. The molecule has 0 saturated heterocycles. The number of hydrogen-bond donors (Lipinski definition) is 1. The second kappa shape index (κ2) is 8.20. The van der Waals surface area contributed by atoms with Crippen LogP contribution < -0.4 is 5.32 Å². The largest absolute Gasteiger partial charge is 0.355 e. The van der Waals surface area contributed by atoms with Crippen LogP contribution >= 0.6 is 11.8 Å². The molecule has 2 aromatic rings. The number of amides is 1. The van der Waals surface area contributed by atoms with Gasteiger partial charge in [-0.25, -0.2) is 4.98 Å². The normalized spacial score (nSPS) is 12.4. The van der Waals surface area contributed by atoms with E-state index in [9.17, 15) is 4.79 Å². The molecule has 0 radical (unpaired) electrons. The van der Waals surface area contributed by atoms with Crippen molar-refractivity contribution in [2.24, 2.45) is 5.92 Å². The summed E-state index contributed by atoms with van der Waals surface area (Å²) >= 11 is 1.48. The van der Waals surface area contributed by atoms with Crippen molar-refractivity contribution in [1.82, 2.24) is 14.9 Å². The molecule has 23 heavy (non-hydrogen) atoms. The van der Waals surface area contributed by atoms with Crippen LogP contribution in [0.1, 0.15) is 32.8 Å². The van der Waals surface area contributed by atoms with Crippen LogP contribution in [0.2, 0.25) is 0 Å². The number of hydrogen-bond acceptors (Lipinski definition) is 3. The standard InChI is InChI=1S/C18H25N3OS/c1-13(2)8-9-19-17(22)15(4)23-18-20-10-11-21(18)16-7-5-6-14(3)12-16/h5-7,10-13,15H,8-9H2,1-4H3,(H,19,22). The van der Waals surface area contributed by atoms with Crippen LogP contribution in [0.5, 0.6) is 0 Å². The van der Waals surface area contributed by atoms with Crippen molar-refractivity contribution in [3.8, 4) is 5.69 Å². The van der Waals surface area contributed by atoms with Crippen LogP contribution in [-0.4, -0.2) is 27.3 Å². The number of imidazole rings is 1. The Bertz CT molecular complexity index is 651. The molecule has 1 N–H and O–H groups in total. The Morgan fingerprint density at radius 2 is 2.13 bits per heavy atom. The lowest BCUT2D eigenvalue weighted by molar-refractivity contribution is -0.120. The Balaban J connectivity index is 2.01. The highest BCUT2D eigenvalue weighted by molar-refractivity contribution is 8.00. The maximum atomic E-state index is 12.2.